The van der Waals surface area contributed by atoms with E-state index in [1.54, 1.807) is 0 Å². The Labute approximate surface area is 56.1 Å². The molecule has 0 atom stereocenters. The molecular formula is C4H6BF3O2. The van der Waals surface area contributed by atoms with Crippen molar-refractivity contribution < 1.29 is 23.2 Å². The highest BCUT2D eigenvalue weighted by Gasteiger charge is 2.39. The third-order valence-corrected chi connectivity index (χ3v) is 0.917. The van der Waals surface area contributed by atoms with Crippen molar-refractivity contribution in [3.05, 3.63) is 11.5 Å². The van der Waals surface area contributed by atoms with Crippen LogP contribution >= 0.6 is 0 Å². The van der Waals surface area contributed by atoms with Gasteiger partial charge < -0.3 is 10.0 Å². The van der Waals surface area contributed by atoms with Gasteiger partial charge in [-0.1, -0.05) is 6.08 Å². The molecule has 2 nitrogen and oxygen atoms in total. The van der Waals surface area contributed by atoms with Gasteiger partial charge in [-0.05, 0) is 6.92 Å². The lowest BCUT2D eigenvalue weighted by Gasteiger charge is -2.08. The monoisotopic (exact) mass is 154 g/mol. The Morgan fingerprint density at radius 1 is 1.40 bits per heavy atom. The lowest BCUT2D eigenvalue weighted by molar-refractivity contribution is -0.0876. The summed E-state index contributed by atoms with van der Waals surface area (Å²) in [6.07, 6.45) is -4.03. The predicted octanol–water partition coefficient (Wildman–Crippen LogP) is 0.507. The van der Waals surface area contributed by atoms with Crippen LogP contribution in [-0.4, -0.2) is 23.3 Å². The van der Waals surface area contributed by atoms with E-state index in [2.05, 4.69) is 0 Å². The van der Waals surface area contributed by atoms with Crippen LogP contribution in [0.1, 0.15) is 6.92 Å². The molecule has 6 heteroatoms. The summed E-state index contributed by atoms with van der Waals surface area (Å²) in [5.41, 5.74) is -1.34. The molecule has 0 aromatic heterocycles. The van der Waals surface area contributed by atoms with Crippen molar-refractivity contribution >= 4 is 7.12 Å². The molecule has 0 aromatic rings. The van der Waals surface area contributed by atoms with Gasteiger partial charge >= 0.3 is 13.3 Å². The van der Waals surface area contributed by atoms with Gasteiger partial charge in [0.15, 0.2) is 0 Å². The molecule has 10 heavy (non-hydrogen) atoms. The van der Waals surface area contributed by atoms with Crippen LogP contribution in [0.3, 0.4) is 0 Å². The zero-order valence-electron chi connectivity index (χ0n) is 5.18. The first-order valence-corrected chi connectivity index (χ1v) is 2.49. The molecule has 0 amide bonds. The largest absolute Gasteiger partial charge is 0.493 e. The molecule has 0 heterocycles. The summed E-state index contributed by atoms with van der Waals surface area (Å²) in [6.45, 7) is 1.09. The molecule has 0 aliphatic rings. The Bertz CT molecular complexity index is 140. The van der Waals surface area contributed by atoms with Crippen molar-refractivity contribution in [1.82, 2.24) is 0 Å². The van der Waals surface area contributed by atoms with E-state index in [0.717, 1.165) is 6.92 Å². The fourth-order valence-corrected chi connectivity index (χ4v) is 0.459. The molecule has 0 unspecified atom stereocenters. The van der Waals surface area contributed by atoms with Crippen LogP contribution in [0, 0.1) is 0 Å². The van der Waals surface area contributed by atoms with Crippen LogP contribution in [0.2, 0.25) is 0 Å². The lowest BCUT2D eigenvalue weighted by Crippen LogP contribution is -2.27. The molecule has 0 radical (unpaired) electrons. The lowest BCUT2D eigenvalue weighted by atomic mass is 9.79. The van der Waals surface area contributed by atoms with E-state index in [9.17, 15) is 13.2 Å². The van der Waals surface area contributed by atoms with Crippen molar-refractivity contribution in [2.75, 3.05) is 0 Å². The minimum Gasteiger partial charge on any atom is -0.423 e. The Morgan fingerprint density at radius 2 is 1.80 bits per heavy atom. The number of alkyl halides is 3. The molecule has 0 rings (SSSR count). The van der Waals surface area contributed by atoms with E-state index < -0.39 is 18.8 Å². The Hall–Kier alpha value is -0.485. The van der Waals surface area contributed by atoms with E-state index in [0.29, 0.717) is 6.08 Å². The topological polar surface area (TPSA) is 40.5 Å². The Kier molecular flexibility index (Phi) is 2.92. The van der Waals surface area contributed by atoms with Gasteiger partial charge in [0.1, 0.15) is 0 Å². The summed E-state index contributed by atoms with van der Waals surface area (Å²) in [7, 11) is -2.44. The molecule has 0 aliphatic carbocycles. The standard InChI is InChI=1S/C4H6BF3O2/c1-2-3(5(9)10)4(6,7)8/h2,9-10H,1H3/b3-2+. The molecule has 58 valence electrons. The maximum atomic E-state index is 11.6. The van der Waals surface area contributed by atoms with Crippen LogP contribution in [0.25, 0.3) is 0 Å². The van der Waals surface area contributed by atoms with Gasteiger partial charge in [0, 0.05) is 0 Å². The van der Waals surface area contributed by atoms with Gasteiger partial charge in [-0.15, -0.1) is 0 Å². The summed E-state index contributed by atoms with van der Waals surface area (Å²) < 4.78 is 34.7. The van der Waals surface area contributed by atoms with Crippen LogP contribution < -0.4 is 0 Å². The summed E-state index contributed by atoms with van der Waals surface area (Å²) in [5, 5.41) is 16.2. The fraction of sp³-hybridized carbons (Fsp3) is 0.500. The van der Waals surface area contributed by atoms with E-state index in [1.165, 1.54) is 0 Å². The summed E-state index contributed by atoms with van der Waals surface area (Å²) in [4.78, 5) is 0. The summed E-state index contributed by atoms with van der Waals surface area (Å²) in [6, 6.07) is 0. The first-order chi connectivity index (χ1) is 4.39. The third-order valence-electron chi connectivity index (χ3n) is 0.917. The zero-order valence-corrected chi connectivity index (χ0v) is 5.18. The number of hydrogen-bond donors (Lipinski definition) is 2. The fourth-order valence-electron chi connectivity index (χ4n) is 0.459. The first kappa shape index (κ1) is 9.51. The van der Waals surface area contributed by atoms with Crippen molar-refractivity contribution in [3.63, 3.8) is 0 Å². The van der Waals surface area contributed by atoms with E-state index in [1.807, 2.05) is 0 Å². The second-order valence-electron chi connectivity index (χ2n) is 1.62. The van der Waals surface area contributed by atoms with Crippen LogP contribution in [0.15, 0.2) is 11.5 Å². The molecule has 0 saturated carbocycles. The van der Waals surface area contributed by atoms with Gasteiger partial charge in [0.25, 0.3) is 0 Å². The highest BCUT2D eigenvalue weighted by Crippen LogP contribution is 2.25. The van der Waals surface area contributed by atoms with E-state index in [4.69, 9.17) is 10.0 Å². The molecule has 2 N–H and O–H groups in total. The van der Waals surface area contributed by atoms with Crippen molar-refractivity contribution in [3.8, 4) is 0 Å². The molecular weight excluding hydrogens is 148 g/mol. The first-order valence-electron chi connectivity index (χ1n) is 2.49. The normalized spacial score (nSPS) is 13.6. The van der Waals surface area contributed by atoms with Gasteiger partial charge in [0.05, 0.1) is 5.47 Å². The van der Waals surface area contributed by atoms with Crippen LogP contribution in [0.4, 0.5) is 13.2 Å². The minimum atomic E-state index is -4.65. The van der Waals surface area contributed by atoms with E-state index >= 15 is 0 Å². The van der Waals surface area contributed by atoms with Gasteiger partial charge in [0.2, 0.25) is 0 Å². The van der Waals surface area contributed by atoms with Crippen LogP contribution in [-0.2, 0) is 0 Å². The maximum absolute atomic E-state index is 11.6. The molecule has 0 bridgehead atoms. The maximum Gasteiger partial charge on any atom is 0.493 e. The number of halogens is 3. The Balaban J connectivity index is 4.40. The zero-order chi connectivity index (χ0) is 8.36. The van der Waals surface area contributed by atoms with Gasteiger partial charge in [-0.2, -0.15) is 13.2 Å². The number of hydrogen-bond acceptors (Lipinski definition) is 2. The predicted molar refractivity (Wildman–Crippen MR) is 30.0 cm³/mol. The number of allylic oxidation sites excluding steroid dienone is 2. The smallest absolute Gasteiger partial charge is 0.423 e. The molecule has 0 fully saturated rings. The quantitative estimate of drug-likeness (QED) is 0.540. The second kappa shape index (κ2) is 3.07. The van der Waals surface area contributed by atoms with Gasteiger partial charge in [-0.3, -0.25) is 0 Å². The van der Waals surface area contributed by atoms with Crippen molar-refractivity contribution in [2.24, 2.45) is 0 Å². The number of rotatable bonds is 1. The van der Waals surface area contributed by atoms with E-state index in [-0.39, 0.29) is 0 Å². The summed E-state index contributed by atoms with van der Waals surface area (Å²) >= 11 is 0. The second-order valence-corrected chi connectivity index (χ2v) is 1.62. The van der Waals surface area contributed by atoms with Crippen molar-refractivity contribution in [1.29, 1.82) is 0 Å². The van der Waals surface area contributed by atoms with Gasteiger partial charge in [-0.25, -0.2) is 0 Å². The average Bonchev–Trinajstić information content (AvgIpc) is 1.60. The molecule has 0 saturated heterocycles. The molecule has 0 spiro atoms. The molecule has 0 aliphatic heterocycles. The minimum absolute atomic E-state index is 0.616. The summed E-state index contributed by atoms with van der Waals surface area (Å²) in [5.74, 6) is 0. The van der Waals surface area contributed by atoms with Crippen LogP contribution in [0.5, 0.6) is 0 Å². The van der Waals surface area contributed by atoms with Crippen molar-refractivity contribution in [2.45, 2.75) is 13.1 Å². The highest BCUT2D eigenvalue weighted by molar-refractivity contribution is 6.51. The SMILES string of the molecule is C/C=C(/B(O)O)C(F)(F)F. The highest BCUT2D eigenvalue weighted by atomic mass is 19.4. The third kappa shape index (κ3) is 2.41. The molecule has 0 aromatic carbocycles. The average molecular weight is 154 g/mol. The Morgan fingerprint density at radius 3 is 1.80 bits per heavy atom.